The number of rotatable bonds is 2. The molecule has 0 radical (unpaired) electrons. The summed E-state index contributed by atoms with van der Waals surface area (Å²) in [5.74, 6) is 0.00412. The Bertz CT molecular complexity index is 423. The molecule has 0 spiro atoms. The van der Waals surface area contributed by atoms with Crippen LogP contribution in [0.25, 0.3) is 6.08 Å². The molecule has 3 nitrogen and oxygen atoms in total. The smallest absolute Gasteiger partial charge is 0.252 e. The maximum Gasteiger partial charge on any atom is 0.252 e. The first-order valence-corrected chi connectivity index (χ1v) is 5.18. The highest BCUT2D eigenvalue weighted by atomic mass is 16.2. The third-order valence-corrected chi connectivity index (χ3v) is 2.38. The number of amides is 1. The second-order valence-corrected chi connectivity index (χ2v) is 3.75. The van der Waals surface area contributed by atoms with E-state index in [1.165, 1.54) is 0 Å². The highest BCUT2D eigenvalue weighted by Gasteiger charge is 2.13. The second kappa shape index (κ2) is 4.66. The van der Waals surface area contributed by atoms with Gasteiger partial charge in [0.1, 0.15) is 0 Å². The summed E-state index contributed by atoms with van der Waals surface area (Å²) in [5, 5.41) is 0. The van der Waals surface area contributed by atoms with Crippen LogP contribution < -0.4 is 0 Å². The maximum atomic E-state index is 11.7. The van der Waals surface area contributed by atoms with E-state index in [4.69, 9.17) is 0 Å². The van der Waals surface area contributed by atoms with E-state index in [1.54, 1.807) is 17.2 Å². The molecule has 0 N–H and O–H groups in total. The lowest BCUT2D eigenvalue weighted by Gasteiger charge is -2.13. The molecule has 0 atom stereocenters. The summed E-state index contributed by atoms with van der Waals surface area (Å²) in [5.41, 5.74) is 1.03. The lowest BCUT2D eigenvalue weighted by Crippen LogP contribution is -2.27. The van der Waals surface area contributed by atoms with Gasteiger partial charge in [-0.05, 0) is 11.6 Å². The van der Waals surface area contributed by atoms with Crippen molar-refractivity contribution in [2.24, 2.45) is 0 Å². The number of hydrogen-bond acceptors (Lipinski definition) is 2. The Hall–Kier alpha value is -2.03. The summed E-state index contributed by atoms with van der Waals surface area (Å²) in [6.07, 6.45) is 7.10. The normalized spacial score (nSPS) is 15.1. The first-order valence-electron chi connectivity index (χ1n) is 5.18. The maximum absolute atomic E-state index is 11.7. The molecule has 1 aliphatic heterocycles. The summed E-state index contributed by atoms with van der Waals surface area (Å²) in [6.45, 7) is 0.623. The molecule has 1 aromatic rings. The molecular weight excluding hydrogens is 200 g/mol. The number of carbonyl (C=O) groups is 1. The van der Waals surface area contributed by atoms with E-state index in [-0.39, 0.29) is 5.91 Å². The average Bonchev–Trinajstić information content (AvgIpc) is 2.74. The Kier molecular flexibility index (Phi) is 3.05. The van der Waals surface area contributed by atoms with Crippen LogP contribution in [0.3, 0.4) is 0 Å². The summed E-state index contributed by atoms with van der Waals surface area (Å²) in [4.78, 5) is 15.3. The van der Waals surface area contributed by atoms with E-state index >= 15 is 0 Å². The first kappa shape index (κ1) is 10.5. The number of benzene rings is 1. The van der Waals surface area contributed by atoms with Gasteiger partial charge >= 0.3 is 0 Å². The zero-order chi connectivity index (χ0) is 11.4. The quantitative estimate of drug-likeness (QED) is 0.702. The van der Waals surface area contributed by atoms with Crippen molar-refractivity contribution in [3.05, 3.63) is 54.4 Å². The standard InChI is InChI=1S/C13H14N2O/c1-14-9-10-15(11-14)13(16)8-7-12-5-3-2-4-6-12/h2-10H,11H2,1H3. The summed E-state index contributed by atoms with van der Waals surface area (Å²) in [7, 11) is 1.94. The van der Waals surface area contributed by atoms with Gasteiger partial charge in [-0.15, -0.1) is 0 Å². The van der Waals surface area contributed by atoms with Crippen molar-refractivity contribution in [1.82, 2.24) is 9.80 Å². The van der Waals surface area contributed by atoms with Gasteiger partial charge in [-0.25, -0.2) is 0 Å². The topological polar surface area (TPSA) is 23.6 Å². The molecule has 1 heterocycles. The fourth-order valence-electron chi connectivity index (χ4n) is 1.50. The molecular formula is C13H14N2O. The van der Waals surface area contributed by atoms with E-state index in [0.29, 0.717) is 6.67 Å². The molecule has 1 aliphatic rings. The van der Waals surface area contributed by atoms with Crippen molar-refractivity contribution in [3.8, 4) is 0 Å². The Morgan fingerprint density at radius 3 is 2.62 bits per heavy atom. The van der Waals surface area contributed by atoms with Gasteiger partial charge in [0, 0.05) is 25.5 Å². The third kappa shape index (κ3) is 2.51. The molecule has 0 saturated carbocycles. The van der Waals surface area contributed by atoms with Gasteiger partial charge in [0.2, 0.25) is 0 Å². The fourth-order valence-corrected chi connectivity index (χ4v) is 1.50. The van der Waals surface area contributed by atoms with Gasteiger partial charge in [0.25, 0.3) is 5.91 Å². The summed E-state index contributed by atoms with van der Waals surface area (Å²) >= 11 is 0. The minimum atomic E-state index is 0.00412. The Morgan fingerprint density at radius 1 is 1.25 bits per heavy atom. The lowest BCUT2D eigenvalue weighted by atomic mass is 10.2. The van der Waals surface area contributed by atoms with Crippen LogP contribution in [0.1, 0.15) is 5.56 Å². The molecule has 0 fully saturated rings. The molecule has 0 saturated heterocycles. The summed E-state index contributed by atoms with van der Waals surface area (Å²) < 4.78 is 0. The van der Waals surface area contributed by atoms with Crippen LogP contribution in [0.4, 0.5) is 0 Å². The van der Waals surface area contributed by atoms with Crippen LogP contribution in [0.5, 0.6) is 0 Å². The Morgan fingerprint density at radius 2 is 2.00 bits per heavy atom. The molecule has 1 amide bonds. The van der Waals surface area contributed by atoms with Gasteiger partial charge in [-0.1, -0.05) is 30.3 Å². The van der Waals surface area contributed by atoms with Gasteiger partial charge < -0.3 is 4.90 Å². The van der Waals surface area contributed by atoms with Gasteiger partial charge in [0.05, 0.1) is 6.67 Å². The van der Waals surface area contributed by atoms with Crippen molar-refractivity contribution >= 4 is 12.0 Å². The van der Waals surface area contributed by atoms with E-state index < -0.39 is 0 Å². The average molecular weight is 214 g/mol. The predicted molar refractivity (Wildman–Crippen MR) is 64.1 cm³/mol. The minimum Gasteiger partial charge on any atom is -0.361 e. The zero-order valence-electron chi connectivity index (χ0n) is 9.21. The number of nitrogens with zero attached hydrogens (tertiary/aromatic N) is 2. The first-order chi connectivity index (χ1) is 7.75. The molecule has 0 aliphatic carbocycles. The summed E-state index contributed by atoms with van der Waals surface area (Å²) in [6, 6.07) is 9.80. The highest BCUT2D eigenvalue weighted by molar-refractivity contribution is 5.92. The molecule has 0 unspecified atom stereocenters. The highest BCUT2D eigenvalue weighted by Crippen LogP contribution is 2.06. The van der Waals surface area contributed by atoms with Crippen molar-refractivity contribution in [2.75, 3.05) is 13.7 Å². The van der Waals surface area contributed by atoms with Crippen molar-refractivity contribution < 1.29 is 4.79 Å². The molecule has 2 rings (SSSR count). The lowest BCUT2D eigenvalue weighted by molar-refractivity contribution is -0.123. The predicted octanol–water partition coefficient (Wildman–Crippen LogP) is 1.90. The van der Waals surface area contributed by atoms with E-state index in [0.717, 1.165) is 5.56 Å². The largest absolute Gasteiger partial charge is 0.361 e. The molecule has 82 valence electrons. The van der Waals surface area contributed by atoms with Crippen LogP contribution >= 0.6 is 0 Å². The van der Waals surface area contributed by atoms with Crippen LogP contribution in [-0.4, -0.2) is 29.4 Å². The third-order valence-electron chi connectivity index (χ3n) is 2.38. The molecule has 0 aromatic heterocycles. The number of carbonyl (C=O) groups excluding carboxylic acids is 1. The second-order valence-electron chi connectivity index (χ2n) is 3.75. The van der Waals surface area contributed by atoms with Gasteiger partial charge in [0.15, 0.2) is 0 Å². The number of hydrogen-bond donors (Lipinski definition) is 0. The molecule has 3 heteroatoms. The van der Waals surface area contributed by atoms with E-state index in [1.807, 2.05) is 54.6 Å². The van der Waals surface area contributed by atoms with E-state index in [9.17, 15) is 4.79 Å². The molecule has 0 bridgehead atoms. The SMILES string of the molecule is CN1C=CN(C(=O)C=Cc2ccccc2)C1. The van der Waals surface area contributed by atoms with Gasteiger partial charge in [-0.2, -0.15) is 0 Å². The van der Waals surface area contributed by atoms with Crippen LogP contribution in [-0.2, 0) is 4.79 Å². The fraction of sp³-hybridized carbons (Fsp3) is 0.154. The minimum absolute atomic E-state index is 0.00412. The monoisotopic (exact) mass is 214 g/mol. The van der Waals surface area contributed by atoms with E-state index in [2.05, 4.69) is 0 Å². The Labute approximate surface area is 95.3 Å². The van der Waals surface area contributed by atoms with Gasteiger partial charge in [-0.3, -0.25) is 9.69 Å². The van der Waals surface area contributed by atoms with Crippen molar-refractivity contribution in [3.63, 3.8) is 0 Å². The molecule has 16 heavy (non-hydrogen) atoms. The Balaban J connectivity index is 1.98. The van der Waals surface area contributed by atoms with Crippen molar-refractivity contribution in [1.29, 1.82) is 0 Å². The van der Waals surface area contributed by atoms with Crippen LogP contribution in [0.15, 0.2) is 48.8 Å². The molecule has 1 aromatic carbocycles. The zero-order valence-corrected chi connectivity index (χ0v) is 9.21. The van der Waals surface area contributed by atoms with Crippen LogP contribution in [0, 0.1) is 0 Å². The van der Waals surface area contributed by atoms with Crippen molar-refractivity contribution in [2.45, 2.75) is 0 Å². The van der Waals surface area contributed by atoms with Crippen LogP contribution in [0.2, 0.25) is 0 Å².